The Labute approximate surface area is 148 Å². The van der Waals surface area contributed by atoms with Gasteiger partial charge >= 0.3 is 0 Å². The van der Waals surface area contributed by atoms with Crippen molar-refractivity contribution in [1.29, 1.82) is 0 Å². The maximum absolute atomic E-state index is 14.2. The molecule has 7 heteroatoms. The number of nitrogens with zero attached hydrogens (tertiary/aromatic N) is 3. The van der Waals surface area contributed by atoms with Gasteiger partial charge in [-0.05, 0) is 42.8 Å². The van der Waals surface area contributed by atoms with Crippen molar-refractivity contribution < 1.29 is 18.1 Å². The van der Waals surface area contributed by atoms with Crippen molar-refractivity contribution in [1.82, 2.24) is 10.1 Å². The number of hydrogen-bond donors (Lipinski definition) is 0. The van der Waals surface area contributed by atoms with E-state index >= 15 is 0 Å². The Morgan fingerprint density at radius 3 is 2.81 bits per heavy atom. The van der Waals surface area contributed by atoms with Crippen LogP contribution < -0.4 is 4.90 Å². The first-order chi connectivity index (χ1) is 12.5. The second kappa shape index (κ2) is 6.33. The van der Waals surface area contributed by atoms with Crippen LogP contribution in [-0.2, 0) is 4.79 Å². The van der Waals surface area contributed by atoms with E-state index in [4.69, 9.17) is 4.52 Å². The van der Waals surface area contributed by atoms with E-state index in [0.717, 1.165) is 5.56 Å². The third kappa shape index (κ3) is 2.96. The molecule has 0 radical (unpaired) electrons. The summed E-state index contributed by atoms with van der Waals surface area (Å²) in [5, 5.41) is 3.92. The van der Waals surface area contributed by atoms with E-state index in [0.29, 0.717) is 11.4 Å². The molecule has 0 saturated carbocycles. The molecule has 132 valence electrons. The lowest BCUT2D eigenvalue weighted by Gasteiger charge is -2.17. The summed E-state index contributed by atoms with van der Waals surface area (Å²) in [7, 11) is 0. The number of amides is 1. The highest BCUT2D eigenvalue weighted by molar-refractivity contribution is 5.96. The Morgan fingerprint density at radius 1 is 1.19 bits per heavy atom. The van der Waals surface area contributed by atoms with Crippen molar-refractivity contribution in [2.24, 2.45) is 0 Å². The van der Waals surface area contributed by atoms with E-state index in [1.54, 1.807) is 31.2 Å². The zero-order valence-electron chi connectivity index (χ0n) is 13.9. The first-order valence-electron chi connectivity index (χ1n) is 8.17. The smallest absolute Gasteiger partial charge is 0.258 e. The normalized spacial score (nSPS) is 17.1. The molecule has 1 atom stereocenters. The molecular formula is C19H15F2N3O2. The molecule has 1 fully saturated rings. The van der Waals surface area contributed by atoms with Crippen LogP contribution in [0, 0.1) is 18.6 Å². The summed E-state index contributed by atoms with van der Waals surface area (Å²) < 4.78 is 32.7. The lowest BCUT2D eigenvalue weighted by atomic mass is 10.1. The largest absolute Gasteiger partial charge is 0.334 e. The number of aryl methyl sites for hydroxylation is 1. The number of benzene rings is 2. The van der Waals surface area contributed by atoms with Gasteiger partial charge in [-0.3, -0.25) is 4.79 Å². The number of carbonyl (C=O) groups is 1. The molecule has 1 amide bonds. The van der Waals surface area contributed by atoms with Gasteiger partial charge in [-0.1, -0.05) is 17.3 Å². The van der Waals surface area contributed by atoms with Gasteiger partial charge in [0.15, 0.2) is 5.82 Å². The Hall–Kier alpha value is -3.09. The van der Waals surface area contributed by atoms with Gasteiger partial charge in [0, 0.05) is 24.4 Å². The van der Waals surface area contributed by atoms with Crippen LogP contribution in [0.3, 0.4) is 0 Å². The Bertz CT molecular complexity index is 986. The molecule has 1 saturated heterocycles. The SMILES string of the molecule is Cc1ccc(N2CC(c3noc(-c4cccc(F)c4)n3)CC2=O)c(F)c1. The predicted octanol–water partition coefficient (Wildman–Crippen LogP) is 3.84. The Morgan fingerprint density at radius 2 is 2.04 bits per heavy atom. The second-order valence-electron chi connectivity index (χ2n) is 6.33. The molecule has 0 spiro atoms. The lowest BCUT2D eigenvalue weighted by Crippen LogP contribution is -2.25. The average Bonchev–Trinajstić information content (AvgIpc) is 3.22. The molecule has 1 unspecified atom stereocenters. The van der Waals surface area contributed by atoms with Gasteiger partial charge in [0.1, 0.15) is 11.6 Å². The fourth-order valence-electron chi connectivity index (χ4n) is 3.08. The summed E-state index contributed by atoms with van der Waals surface area (Å²) in [5.41, 5.74) is 1.50. The minimum atomic E-state index is -0.437. The number of rotatable bonds is 3. The van der Waals surface area contributed by atoms with E-state index < -0.39 is 11.6 Å². The third-order valence-corrected chi connectivity index (χ3v) is 4.40. The topological polar surface area (TPSA) is 59.2 Å². The van der Waals surface area contributed by atoms with Crippen molar-refractivity contribution in [3.8, 4) is 11.5 Å². The van der Waals surface area contributed by atoms with Crippen molar-refractivity contribution in [3.05, 3.63) is 65.5 Å². The molecule has 4 rings (SSSR count). The number of aromatic nitrogens is 2. The number of carbonyl (C=O) groups excluding carboxylic acids is 1. The molecule has 26 heavy (non-hydrogen) atoms. The Kier molecular flexibility index (Phi) is 3.99. The first-order valence-corrected chi connectivity index (χ1v) is 8.17. The summed E-state index contributed by atoms with van der Waals surface area (Å²) >= 11 is 0. The van der Waals surface area contributed by atoms with Crippen LogP contribution in [0.25, 0.3) is 11.5 Å². The van der Waals surface area contributed by atoms with E-state index in [-0.39, 0.29) is 36.4 Å². The van der Waals surface area contributed by atoms with Crippen LogP contribution in [0.4, 0.5) is 14.5 Å². The molecule has 1 aliphatic rings. The van der Waals surface area contributed by atoms with Crippen LogP contribution in [0.1, 0.15) is 23.7 Å². The van der Waals surface area contributed by atoms with E-state index in [1.165, 1.54) is 23.1 Å². The van der Waals surface area contributed by atoms with Crippen LogP contribution in [0.5, 0.6) is 0 Å². The molecule has 0 aliphatic carbocycles. The molecule has 2 heterocycles. The number of hydrogen-bond acceptors (Lipinski definition) is 4. The average molecular weight is 355 g/mol. The predicted molar refractivity (Wildman–Crippen MR) is 90.5 cm³/mol. The minimum absolute atomic E-state index is 0.162. The highest BCUT2D eigenvalue weighted by atomic mass is 19.1. The van der Waals surface area contributed by atoms with Crippen LogP contribution in [0.15, 0.2) is 47.0 Å². The third-order valence-electron chi connectivity index (χ3n) is 4.40. The molecule has 5 nitrogen and oxygen atoms in total. The van der Waals surface area contributed by atoms with Gasteiger partial charge < -0.3 is 9.42 Å². The molecular weight excluding hydrogens is 340 g/mol. The lowest BCUT2D eigenvalue weighted by molar-refractivity contribution is -0.117. The van der Waals surface area contributed by atoms with Gasteiger partial charge in [0.25, 0.3) is 5.89 Å². The fourth-order valence-corrected chi connectivity index (χ4v) is 3.08. The van der Waals surface area contributed by atoms with Gasteiger partial charge in [-0.2, -0.15) is 4.98 Å². The highest BCUT2D eigenvalue weighted by Gasteiger charge is 2.35. The summed E-state index contributed by atoms with van der Waals surface area (Å²) in [6.07, 6.45) is 0.162. The summed E-state index contributed by atoms with van der Waals surface area (Å²) in [4.78, 5) is 18.0. The molecule has 3 aromatic rings. The number of halogens is 2. The summed E-state index contributed by atoms with van der Waals surface area (Å²) in [6.45, 7) is 2.05. The molecule has 0 N–H and O–H groups in total. The maximum Gasteiger partial charge on any atom is 0.258 e. The van der Waals surface area contributed by atoms with Gasteiger partial charge in [-0.25, -0.2) is 8.78 Å². The summed E-state index contributed by atoms with van der Waals surface area (Å²) in [5.74, 6) is -0.810. The maximum atomic E-state index is 14.2. The van der Waals surface area contributed by atoms with E-state index in [2.05, 4.69) is 10.1 Å². The van der Waals surface area contributed by atoms with Crippen molar-refractivity contribution >= 4 is 11.6 Å². The highest BCUT2D eigenvalue weighted by Crippen LogP contribution is 2.33. The van der Waals surface area contributed by atoms with Gasteiger partial charge in [-0.15, -0.1) is 0 Å². The molecule has 2 aromatic carbocycles. The van der Waals surface area contributed by atoms with Crippen LogP contribution in [-0.4, -0.2) is 22.6 Å². The zero-order valence-corrected chi connectivity index (χ0v) is 13.9. The van der Waals surface area contributed by atoms with Crippen LogP contribution in [0.2, 0.25) is 0 Å². The monoisotopic (exact) mass is 355 g/mol. The first kappa shape index (κ1) is 16.4. The van der Waals surface area contributed by atoms with Crippen molar-refractivity contribution in [3.63, 3.8) is 0 Å². The molecule has 0 bridgehead atoms. The summed E-state index contributed by atoms with van der Waals surface area (Å²) in [6, 6.07) is 10.6. The van der Waals surface area contributed by atoms with Gasteiger partial charge in [0.05, 0.1) is 5.69 Å². The second-order valence-corrected chi connectivity index (χ2v) is 6.33. The quantitative estimate of drug-likeness (QED) is 0.716. The Balaban J connectivity index is 1.58. The zero-order chi connectivity index (χ0) is 18.3. The number of anilines is 1. The molecule has 1 aliphatic heterocycles. The fraction of sp³-hybridized carbons (Fsp3) is 0.211. The molecule has 1 aromatic heterocycles. The van der Waals surface area contributed by atoms with E-state index in [9.17, 15) is 13.6 Å². The van der Waals surface area contributed by atoms with Crippen LogP contribution >= 0.6 is 0 Å². The standard InChI is InChI=1S/C19H15F2N3O2/c1-11-5-6-16(15(21)7-11)24-10-13(9-17(24)25)18-22-19(26-23-18)12-3-2-4-14(20)8-12/h2-8,13H,9-10H2,1H3. The van der Waals surface area contributed by atoms with Crippen molar-refractivity contribution in [2.45, 2.75) is 19.3 Å². The minimum Gasteiger partial charge on any atom is -0.334 e. The van der Waals surface area contributed by atoms with Gasteiger partial charge in [0.2, 0.25) is 5.91 Å². The van der Waals surface area contributed by atoms with Crippen molar-refractivity contribution in [2.75, 3.05) is 11.4 Å². The van der Waals surface area contributed by atoms with E-state index in [1.807, 2.05) is 0 Å².